The largest absolute Gasteiger partial charge is 0.465 e. The topological polar surface area (TPSA) is 79.5 Å². The van der Waals surface area contributed by atoms with Crippen LogP contribution in [0.4, 0.5) is 16.4 Å². The number of hydrogen-bond acceptors (Lipinski definition) is 5. The maximum atomic E-state index is 11.8. The highest BCUT2D eigenvalue weighted by atomic mass is 32.1. The molecule has 126 valence electrons. The van der Waals surface area contributed by atoms with E-state index in [1.54, 1.807) is 30.3 Å². The predicted molar refractivity (Wildman–Crippen MR) is 101 cm³/mol. The van der Waals surface area contributed by atoms with Crippen molar-refractivity contribution < 1.29 is 14.3 Å². The van der Waals surface area contributed by atoms with Crippen molar-refractivity contribution in [2.45, 2.75) is 13.8 Å². The zero-order valence-corrected chi connectivity index (χ0v) is 15.1. The van der Waals surface area contributed by atoms with E-state index >= 15 is 0 Å². The van der Waals surface area contributed by atoms with Crippen molar-refractivity contribution in [1.29, 1.82) is 0 Å². The molecule has 24 heavy (non-hydrogen) atoms. The first-order chi connectivity index (χ1) is 11.4. The molecule has 0 bridgehead atoms. The molecule has 2 rings (SSSR count). The van der Waals surface area contributed by atoms with Crippen LogP contribution in [-0.2, 0) is 9.53 Å². The summed E-state index contributed by atoms with van der Waals surface area (Å²) in [5.41, 5.74) is 1.91. The summed E-state index contributed by atoms with van der Waals surface area (Å²) in [6.45, 7) is 3.35. The van der Waals surface area contributed by atoms with Gasteiger partial charge in [0, 0.05) is 23.2 Å². The van der Waals surface area contributed by atoms with Crippen molar-refractivity contribution in [2.75, 3.05) is 23.1 Å². The lowest BCUT2D eigenvalue weighted by Crippen LogP contribution is -2.19. The Morgan fingerprint density at radius 3 is 2.21 bits per heavy atom. The van der Waals surface area contributed by atoms with Gasteiger partial charge in [0.1, 0.15) is 5.00 Å². The van der Waals surface area contributed by atoms with E-state index in [-0.39, 0.29) is 5.91 Å². The zero-order chi connectivity index (χ0) is 17.7. The van der Waals surface area contributed by atoms with Gasteiger partial charge in [-0.2, -0.15) is 0 Å². The van der Waals surface area contributed by atoms with Crippen molar-refractivity contribution >= 4 is 56.9 Å². The van der Waals surface area contributed by atoms with Crippen LogP contribution in [0.2, 0.25) is 0 Å². The van der Waals surface area contributed by atoms with Crippen LogP contribution in [0.25, 0.3) is 0 Å². The lowest BCUT2D eigenvalue weighted by molar-refractivity contribution is -0.114. The molecule has 1 aromatic heterocycles. The summed E-state index contributed by atoms with van der Waals surface area (Å²) in [5.74, 6) is -0.541. The molecule has 1 aromatic carbocycles. The van der Waals surface area contributed by atoms with Gasteiger partial charge in [-0.3, -0.25) is 4.79 Å². The number of aryl methyl sites for hydroxylation is 1. The summed E-state index contributed by atoms with van der Waals surface area (Å²) in [6.07, 6.45) is 0. The Bertz CT molecular complexity index is 769. The van der Waals surface area contributed by atoms with Crippen LogP contribution >= 0.6 is 23.6 Å². The lowest BCUT2D eigenvalue weighted by atomic mass is 10.3. The second kappa shape index (κ2) is 7.89. The number of benzene rings is 1. The van der Waals surface area contributed by atoms with Gasteiger partial charge >= 0.3 is 5.97 Å². The number of ether oxygens (including phenoxy) is 1. The van der Waals surface area contributed by atoms with Gasteiger partial charge in [-0.25, -0.2) is 4.79 Å². The summed E-state index contributed by atoms with van der Waals surface area (Å²) in [5, 5.41) is 9.71. The third-order valence-corrected chi connectivity index (χ3v) is 4.12. The first-order valence-electron chi connectivity index (χ1n) is 7.03. The van der Waals surface area contributed by atoms with Gasteiger partial charge in [-0.05, 0) is 49.5 Å². The highest BCUT2D eigenvalue weighted by Crippen LogP contribution is 2.28. The SMILES string of the molecule is COC(=O)c1cc(C)sc1NC(=S)Nc1ccc(NC(C)=O)cc1. The first kappa shape index (κ1) is 17.9. The van der Waals surface area contributed by atoms with Crippen LogP contribution in [0.5, 0.6) is 0 Å². The number of hydrogen-bond donors (Lipinski definition) is 3. The Labute approximate surface area is 149 Å². The predicted octanol–water partition coefficient (Wildman–Crippen LogP) is 3.61. The maximum Gasteiger partial charge on any atom is 0.340 e. The molecule has 0 aliphatic carbocycles. The van der Waals surface area contributed by atoms with Crippen molar-refractivity contribution in [3.8, 4) is 0 Å². The van der Waals surface area contributed by atoms with E-state index in [9.17, 15) is 9.59 Å². The summed E-state index contributed by atoms with van der Waals surface area (Å²) in [6, 6.07) is 8.87. The minimum atomic E-state index is -0.413. The molecule has 0 unspecified atom stereocenters. The number of anilines is 3. The minimum absolute atomic E-state index is 0.128. The van der Waals surface area contributed by atoms with Gasteiger partial charge < -0.3 is 20.7 Å². The summed E-state index contributed by atoms with van der Waals surface area (Å²) < 4.78 is 4.76. The van der Waals surface area contributed by atoms with Crippen LogP contribution < -0.4 is 16.0 Å². The van der Waals surface area contributed by atoms with Crippen molar-refractivity contribution in [3.05, 3.63) is 40.8 Å². The van der Waals surface area contributed by atoms with E-state index in [4.69, 9.17) is 17.0 Å². The van der Waals surface area contributed by atoms with Crippen LogP contribution in [0.3, 0.4) is 0 Å². The van der Waals surface area contributed by atoms with Crippen molar-refractivity contribution in [1.82, 2.24) is 0 Å². The first-order valence-corrected chi connectivity index (χ1v) is 8.26. The number of amides is 1. The molecule has 0 saturated carbocycles. The Morgan fingerprint density at radius 1 is 1.08 bits per heavy atom. The molecule has 6 nitrogen and oxygen atoms in total. The Balaban J connectivity index is 2.03. The molecule has 0 aliphatic heterocycles. The highest BCUT2D eigenvalue weighted by Gasteiger charge is 2.16. The monoisotopic (exact) mass is 363 g/mol. The van der Waals surface area contributed by atoms with Crippen molar-refractivity contribution in [2.24, 2.45) is 0 Å². The maximum absolute atomic E-state index is 11.8. The van der Waals surface area contributed by atoms with E-state index in [2.05, 4.69) is 16.0 Å². The second-order valence-electron chi connectivity index (χ2n) is 4.93. The molecule has 0 saturated heterocycles. The molecular weight excluding hydrogens is 346 g/mol. The molecular formula is C16H17N3O3S2. The Kier molecular flexibility index (Phi) is 5.88. The van der Waals surface area contributed by atoms with E-state index in [1.165, 1.54) is 25.4 Å². The zero-order valence-electron chi connectivity index (χ0n) is 13.4. The average molecular weight is 363 g/mol. The highest BCUT2D eigenvalue weighted by molar-refractivity contribution is 7.80. The number of thiocarbonyl (C=S) groups is 1. The fraction of sp³-hybridized carbons (Fsp3) is 0.188. The lowest BCUT2D eigenvalue weighted by Gasteiger charge is -2.11. The molecule has 2 aromatic rings. The van der Waals surface area contributed by atoms with Crippen LogP contribution in [0.15, 0.2) is 30.3 Å². The van der Waals surface area contributed by atoms with E-state index in [1.807, 2.05) is 6.92 Å². The number of thiophene rings is 1. The molecule has 0 fully saturated rings. The smallest absolute Gasteiger partial charge is 0.340 e. The fourth-order valence-electron chi connectivity index (χ4n) is 1.97. The van der Waals surface area contributed by atoms with Gasteiger partial charge in [-0.1, -0.05) is 0 Å². The van der Waals surface area contributed by atoms with Gasteiger partial charge in [-0.15, -0.1) is 11.3 Å². The molecule has 8 heteroatoms. The number of methoxy groups -OCH3 is 1. The molecule has 0 aliphatic rings. The quantitative estimate of drug-likeness (QED) is 0.569. The van der Waals surface area contributed by atoms with Gasteiger partial charge in [0.15, 0.2) is 5.11 Å². The summed E-state index contributed by atoms with van der Waals surface area (Å²) >= 11 is 6.69. The number of rotatable bonds is 4. The van der Waals surface area contributed by atoms with Crippen LogP contribution in [-0.4, -0.2) is 24.1 Å². The Morgan fingerprint density at radius 2 is 1.67 bits per heavy atom. The van der Waals surface area contributed by atoms with Gasteiger partial charge in [0.25, 0.3) is 0 Å². The molecule has 3 N–H and O–H groups in total. The number of esters is 1. The number of carbonyl (C=O) groups is 2. The third-order valence-electron chi connectivity index (χ3n) is 2.95. The molecule has 0 atom stereocenters. The van der Waals surface area contributed by atoms with Gasteiger partial charge in [0.2, 0.25) is 5.91 Å². The summed E-state index contributed by atoms with van der Waals surface area (Å²) in [4.78, 5) is 23.7. The van der Waals surface area contributed by atoms with E-state index < -0.39 is 5.97 Å². The van der Waals surface area contributed by atoms with E-state index in [0.717, 1.165) is 10.6 Å². The normalized spacial score (nSPS) is 9.96. The van der Waals surface area contributed by atoms with Crippen LogP contribution in [0.1, 0.15) is 22.2 Å². The molecule has 1 amide bonds. The molecule has 0 radical (unpaired) electrons. The molecule has 0 spiro atoms. The second-order valence-corrected chi connectivity index (χ2v) is 6.59. The average Bonchev–Trinajstić information content (AvgIpc) is 2.88. The third kappa shape index (κ3) is 4.77. The fourth-order valence-corrected chi connectivity index (χ4v) is 3.16. The van der Waals surface area contributed by atoms with E-state index in [0.29, 0.717) is 21.4 Å². The number of carbonyl (C=O) groups excluding carboxylic acids is 2. The van der Waals surface area contributed by atoms with Crippen molar-refractivity contribution in [3.63, 3.8) is 0 Å². The summed E-state index contributed by atoms with van der Waals surface area (Å²) in [7, 11) is 1.34. The van der Waals surface area contributed by atoms with Gasteiger partial charge in [0.05, 0.1) is 12.7 Å². The molecule has 1 heterocycles. The van der Waals surface area contributed by atoms with Crippen LogP contribution in [0, 0.1) is 6.92 Å². The Hall–Kier alpha value is -2.45. The minimum Gasteiger partial charge on any atom is -0.465 e. The standard InChI is InChI=1S/C16H17N3O3S2/c1-9-8-13(15(21)22-3)14(24-9)19-16(23)18-12-6-4-11(5-7-12)17-10(2)20/h4-8H,1-3H3,(H,17,20)(H2,18,19,23). The number of nitrogens with one attached hydrogen (secondary N) is 3.